The minimum absolute atomic E-state index is 0.0847. The van der Waals surface area contributed by atoms with Gasteiger partial charge in [0.2, 0.25) is 5.91 Å². The summed E-state index contributed by atoms with van der Waals surface area (Å²) in [7, 11) is 1.56. The monoisotopic (exact) mass is 334 g/mol. The maximum absolute atomic E-state index is 11.9. The van der Waals surface area contributed by atoms with Crippen LogP contribution in [0.5, 0.6) is 0 Å². The van der Waals surface area contributed by atoms with Crippen molar-refractivity contribution >= 4 is 5.91 Å². The molecule has 0 saturated carbocycles. The molecule has 1 aromatic heterocycles. The average Bonchev–Trinajstić information content (AvgIpc) is 2.99. The quantitative estimate of drug-likeness (QED) is 0.791. The van der Waals surface area contributed by atoms with E-state index in [1.54, 1.807) is 13.3 Å². The van der Waals surface area contributed by atoms with Crippen molar-refractivity contribution in [3.05, 3.63) is 30.1 Å². The number of nitrogens with zero attached hydrogens (tertiary/aromatic N) is 2. The fraction of sp³-hybridized carbons (Fsp3) is 0.667. The van der Waals surface area contributed by atoms with Crippen LogP contribution in [0.1, 0.15) is 25.0 Å². The van der Waals surface area contributed by atoms with E-state index in [-0.39, 0.29) is 24.0 Å². The third-order valence-electron chi connectivity index (χ3n) is 5.01. The molecular weight excluding hydrogens is 308 g/mol. The first-order valence-electron chi connectivity index (χ1n) is 8.57. The van der Waals surface area contributed by atoms with Gasteiger partial charge < -0.3 is 19.1 Å². The van der Waals surface area contributed by atoms with Gasteiger partial charge in [0, 0.05) is 26.4 Å². The number of hydrogen-bond acceptors (Lipinski definition) is 5. The third kappa shape index (κ3) is 4.32. The summed E-state index contributed by atoms with van der Waals surface area (Å²) in [6, 6.07) is 5.83. The zero-order valence-electron chi connectivity index (χ0n) is 14.3. The number of rotatable bonds is 6. The second-order valence-corrected chi connectivity index (χ2v) is 6.79. The van der Waals surface area contributed by atoms with Gasteiger partial charge in [-0.3, -0.25) is 9.78 Å². The van der Waals surface area contributed by atoms with Gasteiger partial charge in [-0.15, -0.1) is 0 Å². The predicted octanol–water partition coefficient (Wildman–Crippen LogP) is 1.64. The molecule has 6 heteroatoms. The molecule has 1 unspecified atom stereocenters. The lowest BCUT2D eigenvalue weighted by Gasteiger charge is -2.38. The topological polar surface area (TPSA) is 60.9 Å². The number of likely N-dealkylation sites (tertiary alicyclic amines) is 1. The van der Waals surface area contributed by atoms with Crippen LogP contribution in [-0.2, 0) is 25.6 Å². The molecule has 2 saturated heterocycles. The van der Waals surface area contributed by atoms with Crippen LogP contribution < -0.4 is 0 Å². The highest BCUT2D eigenvalue weighted by Gasteiger charge is 2.43. The van der Waals surface area contributed by atoms with E-state index in [1.165, 1.54) is 0 Å². The lowest BCUT2D eigenvalue weighted by molar-refractivity contribution is -0.137. The van der Waals surface area contributed by atoms with Crippen LogP contribution in [0.25, 0.3) is 0 Å². The van der Waals surface area contributed by atoms with Crippen molar-refractivity contribution in [1.29, 1.82) is 0 Å². The molecule has 1 spiro atoms. The van der Waals surface area contributed by atoms with Gasteiger partial charge >= 0.3 is 0 Å². The molecule has 2 aliphatic heterocycles. The molecule has 1 aromatic rings. The predicted molar refractivity (Wildman–Crippen MR) is 88.4 cm³/mol. The molecule has 0 bridgehead atoms. The molecule has 1 amide bonds. The van der Waals surface area contributed by atoms with Crippen molar-refractivity contribution in [2.45, 2.75) is 32.0 Å². The standard InChI is InChI=1S/C18H26N2O4/c1-22-13-17(21)20-8-5-18(6-9-20)10-16(24-14-18)12-23-11-15-4-2-3-7-19-15/h2-4,7,16H,5-6,8-14H2,1H3. The van der Waals surface area contributed by atoms with Crippen molar-refractivity contribution in [2.24, 2.45) is 5.41 Å². The van der Waals surface area contributed by atoms with Gasteiger partial charge in [-0.1, -0.05) is 6.07 Å². The van der Waals surface area contributed by atoms with Crippen LogP contribution in [0.3, 0.4) is 0 Å². The van der Waals surface area contributed by atoms with Gasteiger partial charge in [-0.2, -0.15) is 0 Å². The Hall–Kier alpha value is -1.50. The van der Waals surface area contributed by atoms with E-state index in [0.29, 0.717) is 13.2 Å². The minimum Gasteiger partial charge on any atom is -0.375 e. The fourth-order valence-corrected chi connectivity index (χ4v) is 3.57. The largest absolute Gasteiger partial charge is 0.375 e. The summed E-state index contributed by atoms with van der Waals surface area (Å²) < 4.78 is 16.6. The van der Waals surface area contributed by atoms with Crippen LogP contribution in [0.15, 0.2) is 24.4 Å². The number of hydrogen-bond donors (Lipinski definition) is 0. The van der Waals surface area contributed by atoms with E-state index < -0.39 is 0 Å². The normalized spacial score (nSPS) is 22.9. The molecule has 3 heterocycles. The third-order valence-corrected chi connectivity index (χ3v) is 5.01. The number of amides is 1. The van der Waals surface area contributed by atoms with Gasteiger partial charge in [0.25, 0.3) is 0 Å². The number of carbonyl (C=O) groups is 1. The highest BCUT2D eigenvalue weighted by molar-refractivity contribution is 5.77. The first-order chi connectivity index (χ1) is 11.7. The number of pyridine rings is 1. The van der Waals surface area contributed by atoms with E-state index in [9.17, 15) is 4.79 Å². The second-order valence-electron chi connectivity index (χ2n) is 6.79. The Kier molecular flexibility index (Phi) is 5.81. The van der Waals surface area contributed by atoms with Gasteiger partial charge in [0.1, 0.15) is 6.61 Å². The Morgan fingerprint density at radius 3 is 2.96 bits per heavy atom. The van der Waals surface area contributed by atoms with E-state index in [1.807, 2.05) is 23.1 Å². The van der Waals surface area contributed by atoms with Crippen molar-refractivity contribution in [3.8, 4) is 0 Å². The van der Waals surface area contributed by atoms with Crippen LogP contribution in [-0.4, -0.2) is 61.9 Å². The molecule has 0 radical (unpaired) electrons. The number of ether oxygens (including phenoxy) is 3. The maximum atomic E-state index is 11.9. The Morgan fingerprint density at radius 2 is 2.25 bits per heavy atom. The Bertz CT molecular complexity index is 529. The van der Waals surface area contributed by atoms with Crippen molar-refractivity contribution in [1.82, 2.24) is 9.88 Å². The lowest BCUT2D eigenvalue weighted by Crippen LogP contribution is -2.44. The Morgan fingerprint density at radius 1 is 1.42 bits per heavy atom. The number of methoxy groups -OCH3 is 1. The molecule has 0 N–H and O–H groups in total. The van der Waals surface area contributed by atoms with Crippen molar-refractivity contribution < 1.29 is 19.0 Å². The summed E-state index contributed by atoms with van der Waals surface area (Å²) in [5.74, 6) is 0.0847. The average molecular weight is 334 g/mol. The Balaban J connectivity index is 1.40. The molecule has 0 aromatic carbocycles. The summed E-state index contributed by atoms with van der Waals surface area (Å²) in [6.45, 7) is 3.67. The second kappa shape index (κ2) is 8.05. The zero-order valence-corrected chi connectivity index (χ0v) is 14.3. The van der Waals surface area contributed by atoms with Crippen LogP contribution in [0.4, 0.5) is 0 Å². The van der Waals surface area contributed by atoms with Gasteiger partial charge in [-0.25, -0.2) is 0 Å². The Labute approximate surface area is 143 Å². The molecule has 3 rings (SSSR count). The zero-order chi connectivity index (χ0) is 16.8. The molecule has 132 valence electrons. The van der Waals surface area contributed by atoms with E-state index in [4.69, 9.17) is 14.2 Å². The fourth-order valence-electron chi connectivity index (χ4n) is 3.57. The van der Waals surface area contributed by atoms with E-state index >= 15 is 0 Å². The number of piperidine rings is 1. The molecule has 6 nitrogen and oxygen atoms in total. The first kappa shape index (κ1) is 17.3. The van der Waals surface area contributed by atoms with Gasteiger partial charge in [-0.05, 0) is 36.8 Å². The highest BCUT2D eigenvalue weighted by atomic mass is 16.5. The van der Waals surface area contributed by atoms with Gasteiger partial charge in [0.15, 0.2) is 0 Å². The summed E-state index contributed by atoms with van der Waals surface area (Å²) >= 11 is 0. The molecule has 24 heavy (non-hydrogen) atoms. The van der Waals surface area contributed by atoms with Gasteiger partial charge in [0.05, 0.1) is 31.6 Å². The van der Waals surface area contributed by atoms with Crippen molar-refractivity contribution in [3.63, 3.8) is 0 Å². The first-order valence-corrected chi connectivity index (χ1v) is 8.57. The van der Waals surface area contributed by atoms with E-state index in [0.717, 1.165) is 44.7 Å². The van der Waals surface area contributed by atoms with Crippen LogP contribution in [0, 0.1) is 5.41 Å². The number of carbonyl (C=O) groups excluding carboxylic acids is 1. The van der Waals surface area contributed by atoms with Crippen molar-refractivity contribution in [2.75, 3.05) is 40.0 Å². The van der Waals surface area contributed by atoms with E-state index in [2.05, 4.69) is 4.98 Å². The SMILES string of the molecule is COCC(=O)N1CCC2(CC1)COC(COCc1ccccn1)C2. The van der Waals surface area contributed by atoms with Crippen LogP contribution in [0.2, 0.25) is 0 Å². The highest BCUT2D eigenvalue weighted by Crippen LogP contribution is 2.42. The maximum Gasteiger partial charge on any atom is 0.248 e. The molecule has 0 aliphatic carbocycles. The summed E-state index contributed by atoms with van der Waals surface area (Å²) in [5, 5.41) is 0. The summed E-state index contributed by atoms with van der Waals surface area (Å²) in [6.07, 6.45) is 4.94. The summed E-state index contributed by atoms with van der Waals surface area (Å²) in [4.78, 5) is 18.0. The molecule has 1 atom stereocenters. The van der Waals surface area contributed by atoms with Crippen LogP contribution >= 0.6 is 0 Å². The minimum atomic E-state index is 0.0847. The summed E-state index contributed by atoms with van der Waals surface area (Å²) in [5.41, 5.74) is 1.15. The molecular formula is C18H26N2O4. The molecule has 2 fully saturated rings. The lowest BCUT2D eigenvalue weighted by atomic mass is 9.76. The smallest absolute Gasteiger partial charge is 0.248 e. The molecule has 2 aliphatic rings. The number of aromatic nitrogens is 1.